The number of carbonyl (C=O) groups is 2. The number of hydrogen-bond donors (Lipinski definition) is 3. The molecule has 0 aromatic rings. The molecule has 1 atom stereocenters. The van der Waals surface area contributed by atoms with Gasteiger partial charge < -0.3 is 25.4 Å². The minimum absolute atomic E-state index is 0.0161. The van der Waals surface area contributed by atoms with Crippen molar-refractivity contribution in [1.29, 1.82) is 0 Å². The van der Waals surface area contributed by atoms with Crippen LogP contribution in [0.3, 0.4) is 0 Å². The summed E-state index contributed by atoms with van der Waals surface area (Å²) < 4.78 is 5.37. The normalized spacial score (nSPS) is 23.0. The van der Waals surface area contributed by atoms with Crippen molar-refractivity contribution in [2.24, 2.45) is 11.8 Å². The summed E-state index contributed by atoms with van der Waals surface area (Å²) in [5.74, 6) is 1.30. The van der Waals surface area contributed by atoms with Gasteiger partial charge in [-0.15, -0.1) is 0 Å². The first-order valence-electron chi connectivity index (χ1n) is 12.9. The van der Waals surface area contributed by atoms with Gasteiger partial charge in [0.1, 0.15) is 0 Å². The van der Waals surface area contributed by atoms with Crippen molar-refractivity contribution < 1.29 is 19.4 Å². The van der Waals surface area contributed by atoms with Crippen molar-refractivity contribution in [2.75, 3.05) is 39.8 Å². The van der Waals surface area contributed by atoms with E-state index in [0.29, 0.717) is 25.4 Å². The van der Waals surface area contributed by atoms with E-state index < -0.39 is 0 Å². The van der Waals surface area contributed by atoms with Crippen LogP contribution >= 0.6 is 0 Å². The topological polar surface area (TPSA) is 90.9 Å². The molecule has 0 heterocycles. The van der Waals surface area contributed by atoms with Crippen LogP contribution in [0.4, 0.5) is 0 Å². The van der Waals surface area contributed by atoms with Crippen LogP contribution in [0.1, 0.15) is 84.0 Å². The maximum Gasteiger partial charge on any atom is 0.242 e. The summed E-state index contributed by atoms with van der Waals surface area (Å²) >= 11 is 0. The molecule has 0 aromatic carbocycles. The van der Waals surface area contributed by atoms with Crippen LogP contribution < -0.4 is 10.6 Å². The number of nitrogens with one attached hydrogen (secondary N) is 2. The van der Waals surface area contributed by atoms with E-state index in [0.717, 1.165) is 57.5 Å². The molecule has 7 heteroatoms. The summed E-state index contributed by atoms with van der Waals surface area (Å²) in [4.78, 5) is 26.8. The van der Waals surface area contributed by atoms with Gasteiger partial charge in [-0.3, -0.25) is 9.59 Å². The molecule has 0 saturated heterocycles. The summed E-state index contributed by atoms with van der Waals surface area (Å²) in [5.41, 5.74) is 0. The molecule has 7 nitrogen and oxygen atoms in total. The van der Waals surface area contributed by atoms with Gasteiger partial charge in [-0.1, -0.05) is 32.1 Å². The second kappa shape index (κ2) is 15.6. The Balaban J connectivity index is 1.60. The van der Waals surface area contributed by atoms with Crippen molar-refractivity contribution in [3.63, 3.8) is 0 Å². The van der Waals surface area contributed by atoms with Crippen LogP contribution in [-0.2, 0) is 14.3 Å². The highest BCUT2D eigenvalue weighted by atomic mass is 16.5. The van der Waals surface area contributed by atoms with Gasteiger partial charge in [-0.05, 0) is 63.8 Å². The van der Waals surface area contributed by atoms with Gasteiger partial charge >= 0.3 is 0 Å². The zero-order valence-corrected chi connectivity index (χ0v) is 20.4. The van der Waals surface area contributed by atoms with Crippen molar-refractivity contribution in [3.8, 4) is 0 Å². The third kappa shape index (κ3) is 11.1. The average Bonchev–Trinajstić information content (AvgIpc) is 2.81. The minimum Gasteiger partial charge on any atom is -0.393 e. The third-order valence-electron chi connectivity index (χ3n) is 7.28. The number of hydrogen-bond acceptors (Lipinski definition) is 5. The smallest absolute Gasteiger partial charge is 0.242 e. The molecule has 0 radical (unpaired) electrons. The van der Waals surface area contributed by atoms with E-state index in [2.05, 4.69) is 10.6 Å². The van der Waals surface area contributed by atoms with Crippen molar-refractivity contribution in [2.45, 2.75) is 96.2 Å². The maximum atomic E-state index is 12.8. The molecule has 2 saturated carbocycles. The van der Waals surface area contributed by atoms with E-state index in [9.17, 15) is 14.7 Å². The summed E-state index contributed by atoms with van der Waals surface area (Å²) in [6.07, 6.45) is 12.9. The zero-order valence-electron chi connectivity index (χ0n) is 20.4. The van der Waals surface area contributed by atoms with Gasteiger partial charge in [-0.25, -0.2) is 0 Å². The fourth-order valence-corrected chi connectivity index (χ4v) is 4.96. The molecule has 2 aliphatic carbocycles. The van der Waals surface area contributed by atoms with Crippen LogP contribution in [0.2, 0.25) is 0 Å². The molecule has 0 aliphatic heterocycles. The van der Waals surface area contributed by atoms with Crippen molar-refractivity contribution in [1.82, 2.24) is 15.5 Å². The second-order valence-electron chi connectivity index (χ2n) is 9.92. The van der Waals surface area contributed by atoms with Gasteiger partial charge in [0.2, 0.25) is 11.8 Å². The lowest BCUT2D eigenvalue weighted by Crippen LogP contribution is -2.44. The highest BCUT2D eigenvalue weighted by molar-refractivity contribution is 5.84. The summed E-state index contributed by atoms with van der Waals surface area (Å²) in [7, 11) is 1.67. The van der Waals surface area contributed by atoms with E-state index >= 15 is 0 Å². The second-order valence-corrected chi connectivity index (χ2v) is 9.92. The fraction of sp³-hybridized carbons (Fsp3) is 0.920. The van der Waals surface area contributed by atoms with Crippen LogP contribution in [0, 0.1) is 11.8 Å². The molecule has 2 aliphatic rings. The van der Waals surface area contributed by atoms with E-state index in [1.165, 1.54) is 32.1 Å². The largest absolute Gasteiger partial charge is 0.393 e. The van der Waals surface area contributed by atoms with Crippen LogP contribution in [0.15, 0.2) is 0 Å². The molecule has 3 N–H and O–H groups in total. The molecule has 2 fully saturated rings. The van der Waals surface area contributed by atoms with Gasteiger partial charge in [0.15, 0.2) is 0 Å². The van der Waals surface area contributed by atoms with Gasteiger partial charge in [0.25, 0.3) is 0 Å². The van der Waals surface area contributed by atoms with Gasteiger partial charge in [0.05, 0.1) is 18.8 Å². The number of ether oxygens (including phenoxy) is 1. The lowest BCUT2D eigenvalue weighted by molar-refractivity contribution is -0.134. The maximum absolute atomic E-state index is 12.8. The third-order valence-corrected chi connectivity index (χ3v) is 7.28. The molecule has 2 amide bonds. The molecule has 0 aromatic heterocycles. The molecular formula is C25H47N3O4. The first kappa shape index (κ1) is 27.1. The predicted octanol–water partition coefficient (Wildman–Crippen LogP) is 2.86. The number of aliphatic hydroxyl groups is 1. The van der Waals surface area contributed by atoms with E-state index in [-0.39, 0.29) is 30.6 Å². The van der Waals surface area contributed by atoms with Gasteiger partial charge in [0, 0.05) is 33.2 Å². The molecule has 1 unspecified atom stereocenters. The SMILES string of the molecule is COC(C)CN(CCC1CCCCC1)C(=O)CNC(=O)CCNCCC1CCC(O)CC1. The lowest BCUT2D eigenvalue weighted by Gasteiger charge is -2.29. The quantitative estimate of drug-likeness (QED) is 0.352. The number of methoxy groups -OCH3 is 1. The number of nitrogens with zero attached hydrogens (tertiary/aromatic N) is 1. The van der Waals surface area contributed by atoms with Crippen molar-refractivity contribution >= 4 is 11.8 Å². The van der Waals surface area contributed by atoms with Crippen LogP contribution in [-0.4, -0.2) is 73.9 Å². The molecule has 186 valence electrons. The Kier molecular flexibility index (Phi) is 13.2. The average molecular weight is 454 g/mol. The Morgan fingerprint density at radius 3 is 2.38 bits per heavy atom. The lowest BCUT2D eigenvalue weighted by atomic mass is 9.85. The minimum atomic E-state index is -0.105. The van der Waals surface area contributed by atoms with Crippen molar-refractivity contribution in [3.05, 3.63) is 0 Å². The summed E-state index contributed by atoms with van der Waals surface area (Å²) in [6.45, 7) is 4.87. The Hall–Kier alpha value is -1.18. The standard InChI is InChI=1S/C25H47N3O4/c1-20(32-2)19-28(17-14-21-6-4-3-5-7-21)25(31)18-27-24(30)13-16-26-15-12-22-8-10-23(29)11-9-22/h20-23,26,29H,3-19H2,1-2H3,(H,27,30). The molecule has 2 rings (SSSR count). The fourth-order valence-electron chi connectivity index (χ4n) is 4.96. The Morgan fingerprint density at radius 2 is 1.69 bits per heavy atom. The zero-order chi connectivity index (χ0) is 23.2. The van der Waals surface area contributed by atoms with Gasteiger partial charge in [-0.2, -0.15) is 0 Å². The predicted molar refractivity (Wildman–Crippen MR) is 127 cm³/mol. The highest BCUT2D eigenvalue weighted by Gasteiger charge is 2.21. The molecule has 32 heavy (non-hydrogen) atoms. The highest BCUT2D eigenvalue weighted by Crippen LogP contribution is 2.27. The first-order valence-corrected chi connectivity index (χ1v) is 12.9. The molecule has 0 spiro atoms. The van der Waals surface area contributed by atoms with Crippen LogP contribution in [0.25, 0.3) is 0 Å². The number of aliphatic hydroxyl groups excluding tert-OH is 1. The monoisotopic (exact) mass is 453 g/mol. The Bertz CT molecular complexity index is 531. The van der Waals surface area contributed by atoms with E-state index in [4.69, 9.17) is 4.74 Å². The van der Waals surface area contributed by atoms with Crippen LogP contribution in [0.5, 0.6) is 0 Å². The number of amides is 2. The first-order chi connectivity index (χ1) is 15.5. The Morgan fingerprint density at radius 1 is 1.00 bits per heavy atom. The molecule has 0 bridgehead atoms. The Labute approximate surface area is 195 Å². The van der Waals surface area contributed by atoms with E-state index in [1.807, 2.05) is 11.8 Å². The number of rotatable bonds is 14. The number of carbonyl (C=O) groups excluding carboxylic acids is 2. The molecular weight excluding hydrogens is 406 g/mol. The summed E-state index contributed by atoms with van der Waals surface area (Å²) in [6, 6.07) is 0. The van der Waals surface area contributed by atoms with E-state index in [1.54, 1.807) is 7.11 Å². The summed E-state index contributed by atoms with van der Waals surface area (Å²) in [5, 5.41) is 15.7.